The number of halogens is 3. The SMILES string of the molecule is Cc1cc(C)n(CCCNC(=O)CNCC(F)(F)F)n1. The molecule has 1 amide bonds. The number of amides is 1. The molecule has 0 fully saturated rings. The molecular formula is C12H19F3N4O. The van der Waals surface area contributed by atoms with Gasteiger partial charge >= 0.3 is 6.18 Å². The monoisotopic (exact) mass is 292 g/mol. The van der Waals surface area contributed by atoms with Gasteiger partial charge in [-0.2, -0.15) is 18.3 Å². The van der Waals surface area contributed by atoms with Crippen LogP contribution in [-0.4, -0.2) is 41.5 Å². The molecule has 20 heavy (non-hydrogen) atoms. The van der Waals surface area contributed by atoms with Crippen molar-refractivity contribution >= 4 is 5.91 Å². The summed E-state index contributed by atoms with van der Waals surface area (Å²) in [4.78, 5) is 11.2. The number of aryl methyl sites for hydroxylation is 3. The van der Waals surface area contributed by atoms with Crippen LogP contribution in [-0.2, 0) is 11.3 Å². The summed E-state index contributed by atoms with van der Waals surface area (Å²) in [6.45, 7) is 3.42. The number of nitrogens with zero attached hydrogens (tertiary/aromatic N) is 2. The molecule has 0 radical (unpaired) electrons. The third-order valence-corrected chi connectivity index (χ3v) is 2.58. The lowest BCUT2D eigenvalue weighted by Gasteiger charge is -2.09. The zero-order valence-electron chi connectivity index (χ0n) is 11.5. The van der Waals surface area contributed by atoms with Crippen LogP contribution in [0.25, 0.3) is 0 Å². The van der Waals surface area contributed by atoms with E-state index in [4.69, 9.17) is 0 Å². The highest BCUT2D eigenvalue weighted by Crippen LogP contribution is 2.11. The first-order valence-corrected chi connectivity index (χ1v) is 6.33. The van der Waals surface area contributed by atoms with Gasteiger partial charge in [0, 0.05) is 18.8 Å². The summed E-state index contributed by atoms with van der Waals surface area (Å²) in [6, 6.07) is 1.96. The van der Waals surface area contributed by atoms with Crippen molar-refractivity contribution < 1.29 is 18.0 Å². The molecule has 1 aromatic heterocycles. The van der Waals surface area contributed by atoms with Crippen LogP contribution in [0.5, 0.6) is 0 Å². The van der Waals surface area contributed by atoms with Gasteiger partial charge in [-0.15, -0.1) is 0 Å². The molecule has 0 aromatic carbocycles. The predicted octanol–water partition coefficient (Wildman–Crippen LogP) is 1.16. The highest BCUT2D eigenvalue weighted by Gasteiger charge is 2.26. The highest BCUT2D eigenvalue weighted by molar-refractivity contribution is 5.77. The van der Waals surface area contributed by atoms with E-state index in [9.17, 15) is 18.0 Å². The minimum Gasteiger partial charge on any atom is -0.355 e. The predicted molar refractivity (Wildman–Crippen MR) is 68.3 cm³/mol. The summed E-state index contributed by atoms with van der Waals surface area (Å²) >= 11 is 0. The molecule has 1 aromatic rings. The molecule has 0 spiro atoms. The number of carbonyl (C=O) groups excluding carboxylic acids is 1. The van der Waals surface area contributed by atoms with E-state index in [1.54, 1.807) is 0 Å². The van der Waals surface area contributed by atoms with Gasteiger partial charge in [0.05, 0.1) is 18.8 Å². The van der Waals surface area contributed by atoms with Crippen LogP contribution in [0.15, 0.2) is 6.07 Å². The zero-order chi connectivity index (χ0) is 15.2. The van der Waals surface area contributed by atoms with Crippen LogP contribution >= 0.6 is 0 Å². The van der Waals surface area contributed by atoms with E-state index >= 15 is 0 Å². The third kappa shape index (κ3) is 6.55. The number of hydrogen-bond donors (Lipinski definition) is 2. The van der Waals surface area contributed by atoms with E-state index in [1.165, 1.54) is 0 Å². The van der Waals surface area contributed by atoms with Gasteiger partial charge in [-0.3, -0.25) is 9.48 Å². The second-order valence-corrected chi connectivity index (χ2v) is 4.57. The fourth-order valence-electron chi connectivity index (χ4n) is 1.74. The average Bonchev–Trinajstić information content (AvgIpc) is 2.62. The first-order chi connectivity index (χ1) is 9.28. The van der Waals surface area contributed by atoms with E-state index in [1.807, 2.05) is 29.9 Å². The average molecular weight is 292 g/mol. The lowest BCUT2D eigenvalue weighted by atomic mass is 10.4. The van der Waals surface area contributed by atoms with Gasteiger partial charge in [-0.1, -0.05) is 0 Å². The van der Waals surface area contributed by atoms with Crippen LogP contribution in [0.1, 0.15) is 17.8 Å². The van der Waals surface area contributed by atoms with Gasteiger partial charge in [0.1, 0.15) is 0 Å². The molecule has 1 rings (SSSR count). The number of nitrogens with one attached hydrogen (secondary N) is 2. The molecule has 2 N–H and O–H groups in total. The Morgan fingerprint density at radius 2 is 2.10 bits per heavy atom. The van der Waals surface area contributed by atoms with Gasteiger partial charge in [-0.05, 0) is 26.3 Å². The fourth-order valence-corrected chi connectivity index (χ4v) is 1.74. The van der Waals surface area contributed by atoms with Crippen LogP contribution in [0.2, 0.25) is 0 Å². The summed E-state index contributed by atoms with van der Waals surface area (Å²) in [5.41, 5.74) is 1.98. The molecule has 1 heterocycles. The van der Waals surface area contributed by atoms with Gasteiger partial charge in [0.15, 0.2) is 0 Å². The lowest BCUT2D eigenvalue weighted by molar-refractivity contribution is -0.128. The molecule has 0 unspecified atom stereocenters. The number of hydrogen-bond acceptors (Lipinski definition) is 3. The topological polar surface area (TPSA) is 59.0 Å². The maximum Gasteiger partial charge on any atom is 0.401 e. The molecule has 8 heteroatoms. The first kappa shape index (κ1) is 16.5. The van der Waals surface area contributed by atoms with Gasteiger partial charge in [0.25, 0.3) is 0 Å². The van der Waals surface area contributed by atoms with Crippen molar-refractivity contribution in [3.05, 3.63) is 17.5 Å². The molecule has 0 aliphatic heterocycles. The van der Waals surface area contributed by atoms with Crippen LogP contribution in [0, 0.1) is 13.8 Å². The zero-order valence-corrected chi connectivity index (χ0v) is 11.5. The minimum absolute atomic E-state index is 0.334. The second kappa shape index (κ2) is 7.28. The lowest BCUT2D eigenvalue weighted by Crippen LogP contribution is -2.38. The molecule has 114 valence electrons. The fraction of sp³-hybridized carbons (Fsp3) is 0.667. The number of rotatable bonds is 7. The maximum atomic E-state index is 11.8. The van der Waals surface area contributed by atoms with Gasteiger partial charge in [-0.25, -0.2) is 0 Å². The molecule has 0 saturated carbocycles. The van der Waals surface area contributed by atoms with E-state index in [0.717, 1.165) is 11.4 Å². The Morgan fingerprint density at radius 3 is 2.65 bits per heavy atom. The molecule has 0 aliphatic rings. The van der Waals surface area contributed by atoms with Crippen LogP contribution in [0.4, 0.5) is 13.2 Å². The van der Waals surface area contributed by atoms with Gasteiger partial charge in [0.2, 0.25) is 5.91 Å². The Morgan fingerprint density at radius 1 is 1.40 bits per heavy atom. The molecule has 0 saturated heterocycles. The van der Waals surface area contributed by atoms with E-state index in [-0.39, 0.29) is 6.54 Å². The molecule has 5 nitrogen and oxygen atoms in total. The third-order valence-electron chi connectivity index (χ3n) is 2.58. The smallest absolute Gasteiger partial charge is 0.355 e. The Hall–Kier alpha value is -1.57. The van der Waals surface area contributed by atoms with Crippen molar-refractivity contribution in [3.8, 4) is 0 Å². The van der Waals surface area contributed by atoms with E-state index < -0.39 is 18.6 Å². The van der Waals surface area contributed by atoms with Crippen molar-refractivity contribution in [1.82, 2.24) is 20.4 Å². The normalized spacial score (nSPS) is 11.7. The molecular weight excluding hydrogens is 273 g/mol. The van der Waals surface area contributed by atoms with E-state index in [0.29, 0.717) is 19.5 Å². The maximum absolute atomic E-state index is 11.8. The molecule has 0 atom stereocenters. The van der Waals surface area contributed by atoms with Gasteiger partial charge < -0.3 is 10.6 Å². The summed E-state index contributed by atoms with van der Waals surface area (Å²) in [5.74, 6) is -0.442. The second-order valence-electron chi connectivity index (χ2n) is 4.57. The summed E-state index contributed by atoms with van der Waals surface area (Å²) in [7, 11) is 0. The first-order valence-electron chi connectivity index (χ1n) is 6.33. The Bertz CT molecular complexity index is 442. The van der Waals surface area contributed by atoms with Crippen LogP contribution < -0.4 is 10.6 Å². The Kier molecular flexibility index (Phi) is 6.00. The van der Waals surface area contributed by atoms with E-state index in [2.05, 4.69) is 10.4 Å². The molecule has 0 aliphatic carbocycles. The summed E-state index contributed by atoms with van der Waals surface area (Å²) in [6.07, 6.45) is -3.62. The van der Waals surface area contributed by atoms with Crippen molar-refractivity contribution in [2.45, 2.75) is 33.0 Å². The highest BCUT2D eigenvalue weighted by atomic mass is 19.4. The summed E-state index contributed by atoms with van der Waals surface area (Å²) in [5, 5.41) is 8.87. The number of carbonyl (C=O) groups is 1. The van der Waals surface area contributed by atoms with Crippen molar-refractivity contribution in [2.24, 2.45) is 0 Å². The largest absolute Gasteiger partial charge is 0.401 e. The number of alkyl halides is 3. The van der Waals surface area contributed by atoms with Crippen molar-refractivity contribution in [1.29, 1.82) is 0 Å². The quantitative estimate of drug-likeness (QED) is 0.741. The van der Waals surface area contributed by atoms with Crippen molar-refractivity contribution in [2.75, 3.05) is 19.6 Å². The Balaban J connectivity index is 2.12. The standard InChI is InChI=1S/C12H19F3N4O/c1-9-6-10(2)19(18-9)5-3-4-17-11(20)7-16-8-12(13,14)15/h6,16H,3-5,7-8H2,1-2H3,(H,17,20). The minimum atomic E-state index is -4.30. The van der Waals surface area contributed by atoms with Crippen LogP contribution in [0.3, 0.4) is 0 Å². The molecule has 0 bridgehead atoms. The summed E-state index contributed by atoms with van der Waals surface area (Å²) < 4.78 is 37.3. The number of aromatic nitrogens is 2. The Labute approximate surface area is 115 Å². The van der Waals surface area contributed by atoms with Crippen molar-refractivity contribution in [3.63, 3.8) is 0 Å².